The number of hydrogen-bond acceptors (Lipinski definition) is 2. The van der Waals surface area contributed by atoms with Gasteiger partial charge in [-0.3, -0.25) is 4.79 Å². The molecule has 70 valence electrons. The topological polar surface area (TPSA) is 26.3 Å². The molecule has 0 saturated heterocycles. The molecule has 0 bridgehead atoms. The lowest BCUT2D eigenvalue weighted by Gasteiger charge is -2.06. The zero-order valence-corrected chi connectivity index (χ0v) is 7.77. The van der Waals surface area contributed by atoms with Gasteiger partial charge in [0.25, 0.3) is 0 Å². The van der Waals surface area contributed by atoms with Crippen LogP contribution < -0.4 is 4.74 Å². The van der Waals surface area contributed by atoms with Crippen LogP contribution in [0.2, 0.25) is 5.02 Å². The summed E-state index contributed by atoms with van der Waals surface area (Å²) in [5.41, 5.74) is -0.160. The van der Waals surface area contributed by atoms with Crippen molar-refractivity contribution in [1.29, 1.82) is 0 Å². The normalized spacial score (nSPS) is 9.77. The van der Waals surface area contributed by atoms with Gasteiger partial charge < -0.3 is 4.74 Å². The lowest BCUT2D eigenvalue weighted by Crippen LogP contribution is -1.96. The Labute approximate surface area is 80.3 Å². The first-order valence-electron chi connectivity index (χ1n) is 3.76. The predicted octanol–water partition coefficient (Wildman–Crippen LogP) is 2.69. The molecule has 0 spiro atoms. The van der Waals surface area contributed by atoms with Crippen molar-refractivity contribution in [3.05, 3.63) is 28.5 Å². The Bertz CT molecular complexity index is 326. The van der Waals surface area contributed by atoms with Crippen LogP contribution in [-0.4, -0.2) is 12.9 Å². The molecule has 0 aromatic heterocycles. The average molecular weight is 203 g/mol. The maximum atomic E-state index is 12.9. The number of aldehydes is 1. The van der Waals surface area contributed by atoms with Gasteiger partial charge >= 0.3 is 0 Å². The second kappa shape index (κ2) is 4.23. The molecule has 2 nitrogen and oxygen atoms in total. The van der Waals surface area contributed by atoms with Gasteiger partial charge in [-0.1, -0.05) is 11.6 Å². The van der Waals surface area contributed by atoms with Crippen LogP contribution >= 0.6 is 11.6 Å². The Kier molecular flexibility index (Phi) is 3.25. The minimum Gasteiger partial charge on any atom is -0.492 e. The van der Waals surface area contributed by atoms with Crippen molar-refractivity contribution in [2.45, 2.75) is 6.92 Å². The smallest absolute Gasteiger partial charge is 0.154 e. The van der Waals surface area contributed by atoms with Crippen molar-refractivity contribution in [2.75, 3.05) is 6.61 Å². The van der Waals surface area contributed by atoms with Gasteiger partial charge in [-0.2, -0.15) is 0 Å². The molecule has 0 amide bonds. The summed E-state index contributed by atoms with van der Waals surface area (Å²) >= 11 is 5.70. The molecule has 0 fully saturated rings. The Morgan fingerprint density at radius 1 is 1.62 bits per heavy atom. The molecule has 13 heavy (non-hydrogen) atoms. The van der Waals surface area contributed by atoms with Gasteiger partial charge in [0, 0.05) is 0 Å². The molecule has 4 heteroatoms. The number of benzene rings is 1. The van der Waals surface area contributed by atoms with E-state index in [-0.39, 0.29) is 10.6 Å². The van der Waals surface area contributed by atoms with Crippen LogP contribution in [-0.2, 0) is 0 Å². The van der Waals surface area contributed by atoms with E-state index in [2.05, 4.69) is 0 Å². The van der Waals surface area contributed by atoms with E-state index in [1.165, 1.54) is 6.07 Å². The van der Waals surface area contributed by atoms with Crippen LogP contribution in [0.1, 0.15) is 17.3 Å². The first-order valence-corrected chi connectivity index (χ1v) is 4.14. The van der Waals surface area contributed by atoms with Crippen LogP contribution in [0.25, 0.3) is 0 Å². The van der Waals surface area contributed by atoms with Crippen molar-refractivity contribution >= 4 is 17.9 Å². The fourth-order valence-electron chi connectivity index (χ4n) is 0.924. The summed E-state index contributed by atoms with van der Waals surface area (Å²) < 4.78 is 18.0. The third-order valence-electron chi connectivity index (χ3n) is 1.51. The molecule has 0 aliphatic carbocycles. The van der Waals surface area contributed by atoms with Crippen LogP contribution in [0.4, 0.5) is 4.39 Å². The predicted molar refractivity (Wildman–Crippen MR) is 48.0 cm³/mol. The van der Waals surface area contributed by atoms with E-state index in [0.29, 0.717) is 18.6 Å². The fourth-order valence-corrected chi connectivity index (χ4v) is 1.18. The van der Waals surface area contributed by atoms with E-state index in [0.717, 1.165) is 6.07 Å². The van der Waals surface area contributed by atoms with Crippen molar-refractivity contribution in [3.8, 4) is 5.75 Å². The largest absolute Gasteiger partial charge is 0.492 e. The maximum absolute atomic E-state index is 12.9. The van der Waals surface area contributed by atoms with E-state index in [1.807, 2.05) is 0 Å². The molecule has 1 aromatic carbocycles. The van der Waals surface area contributed by atoms with Gasteiger partial charge in [-0.25, -0.2) is 4.39 Å². The highest BCUT2D eigenvalue weighted by atomic mass is 35.5. The van der Waals surface area contributed by atoms with Crippen molar-refractivity contribution < 1.29 is 13.9 Å². The number of halogens is 2. The lowest BCUT2D eigenvalue weighted by atomic mass is 10.2. The summed E-state index contributed by atoms with van der Waals surface area (Å²) in [5.74, 6) is -0.309. The molecular formula is C9H8ClFO2. The minimum absolute atomic E-state index is 0.0249. The second-order valence-corrected chi connectivity index (χ2v) is 2.70. The maximum Gasteiger partial charge on any atom is 0.154 e. The first kappa shape index (κ1) is 9.99. The van der Waals surface area contributed by atoms with Crippen LogP contribution in [0, 0.1) is 5.82 Å². The van der Waals surface area contributed by atoms with E-state index in [4.69, 9.17) is 16.3 Å². The number of rotatable bonds is 3. The summed E-state index contributed by atoms with van der Waals surface area (Å²) in [6.45, 7) is 2.20. The third kappa shape index (κ3) is 1.98. The standard InChI is InChI=1S/C9H8ClFO2/c1-2-13-8-4-3-7(11)6(5-12)9(8)10/h3-5H,2H2,1H3. The van der Waals surface area contributed by atoms with Gasteiger partial charge in [0.1, 0.15) is 11.6 Å². The second-order valence-electron chi connectivity index (χ2n) is 2.32. The van der Waals surface area contributed by atoms with Gasteiger partial charge in [0.2, 0.25) is 0 Å². The van der Waals surface area contributed by atoms with E-state index in [9.17, 15) is 9.18 Å². The zero-order chi connectivity index (χ0) is 9.84. The van der Waals surface area contributed by atoms with Crippen LogP contribution in [0.15, 0.2) is 12.1 Å². The molecule has 1 rings (SSSR count). The summed E-state index contributed by atoms with van der Waals surface area (Å²) in [5, 5.41) is 0.0249. The quantitative estimate of drug-likeness (QED) is 0.705. The molecule has 0 N–H and O–H groups in total. The highest BCUT2D eigenvalue weighted by Gasteiger charge is 2.11. The first-order chi connectivity index (χ1) is 6.20. The Morgan fingerprint density at radius 2 is 2.31 bits per heavy atom. The molecule has 0 heterocycles. The Morgan fingerprint density at radius 3 is 2.85 bits per heavy atom. The minimum atomic E-state index is -0.636. The summed E-state index contributed by atoms with van der Waals surface area (Å²) in [4.78, 5) is 10.4. The summed E-state index contributed by atoms with van der Waals surface area (Å²) in [7, 11) is 0. The molecule has 0 atom stereocenters. The van der Waals surface area contributed by atoms with Gasteiger partial charge in [0.15, 0.2) is 6.29 Å². The Hall–Kier alpha value is -1.09. The number of carbonyl (C=O) groups is 1. The number of carbonyl (C=O) groups excluding carboxylic acids is 1. The molecule has 0 aliphatic heterocycles. The molecule has 0 unspecified atom stereocenters. The zero-order valence-electron chi connectivity index (χ0n) is 7.01. The highest BCUT2D eigenvalue weighted by Crippen LogP contribution is 2.28. The van der Waals surface area contributed by atoms with Crippen LogP contribution in [0.3, 0.4) is 0 Å². The average Bonchev–Trinajstić information content (AvgIpc) is 2.11. The number of hydrogen-bond donors (Lipinski definition) is 0. The van der Waals surface area contributed by atoms with Crippen molar-refractivity contribution in [2.24, 2.45) is 0 Å². The highest BCUT2D eigenvalue weighted by molar-refractivity contribution is 6.34. The molecule has 0 radical (unpaired) electrons. The van der Waals surface area contributed by atoms with Crippen molar-refractivity contribution in [1.82, 2.24) is 0 Å². The fraction of sp³-hybridized carbons (Fsp3) is 0.222. The molecule has 0 saturated carbocycles. The van der Waals surface area contributed by atoms with E-state index in [1.54, 1.807) is 6.92 Å². The van der Waals surface area contributed by atoms with E-state index >= 15 is 0 Å². The molecular weight excluding hydrogens is 195 g/mol. The van der Waals surface area contributed by atoms with Gasteiger partial charge in [-0.15, -0.1) is 0 Å². The van der Waals surface area contributed by atoms with Gasteiger partial charge in [-0.05, 0) is 19.1 Å². The number of ether oxygens (including phenoxy) is 1. The lowest BCUT2D eigenvalue weighted by molar-refractivity contribution is 0.111. The van der Waals surface area contributed by atoms with Crippen molar-refractivity contribution in [3.63, 3.8) is 0 Å². The van der Waals surface area contributed by atoms with E-state index < -0.39 is 5.82 Å². The monoisotopic (exact) mass is 202 g/mol. The van der Waals surface area contributed by atoms with Gasteiger partial charge in [0.05, 0.1) is 17.2 Å². The third-order valence-corrected chi connectivity index (χ3v) is 1.90. The summed E-state index contributed by atoms with van der Waals surface area (Å²) in [6.07, 6.45) is 0.375. The Balaban J connectivity index is 3.19. The summed E-state index contributed by atoms with van der Waals surface area (Å²) in [6, 6.07) is 2.55. The molecule has 0 aliphatic rings. The SMILES string of the molecule is CCOc1ccc(F)c(C=O)c1Cl. The van der Waals surface area contributed by atoms with Crippen LogP contribution in [0.5, 0.6) is 5.75 Å². The molecule has 1 aromatic rings.